The van der Waals surface area contributed by atoms with E-state index in [2.05, 4.69) is 5.32 Å². The maximum Gasteiger partial charge on any atom is 0.272 e. The van der Waals surface area contributed by atoms with Crippen LogP contribution in [0.15, 0.2) is 12.1 Å². The first-order chi connectivity index (χ1) is 7.22. The molecule has 1 aromatic rings. The van der Waals surface area contributed by atoms with Crippen LogP contribution in [0.2, 0.25) is 0 Å². The number of nitrogens with one attached hydrogen (secondary N) is 1. The van der Waals surface area contributed by atoms with Crippen molar-refractivity contribution < 1.29 is 4.92 Å². The highest BCUT2D eigenvalue weighted by Gasteiger charge is 2.18. The van der Waals surface area contributed by atoms with Gasteiger partial charge >= 0.3 is 0 Å². The van der Waals surface area contributed by atoms with Crippen molar-refractivity contribution in [2.45, 2.75) is 26.3 Å². The van der Waals surface area contributed by atoms with E-state index in [4.69, 9.17) is 0 Å². The summed E-state index contributed by atoms with van der Waals surface area (Å²) >= 11 is 0. The third-order valence-electron chi connectivity index (χ3n) is 2.87. The molecule has 80 valence electrons. The minimum absolute atomic E-state index is 0.276. The first kappa shape index (κ1) is 10.1. The molecule has 1 aromatic carbocycles. The van der Waals surface area contributed by atoms with Gasteiger partial charge in [0.1, 0.15) is 0 Å². The van der Waals surface area contributed by atoms with Crippen LogP contribution in [0.25, 0.3) is 0 Å². The Morgan fingerprint density at radius 2 is 2.27 bits per heavy atom. The molecule has 0 spiro atoms. The van der Waals surface area contributed by atoms with Gasteiger partial charge in [0.2, 0.25) is 0 Å². The van der Waals surface area contributed by atoms with Gasteiger partial charge in [-0.3, -0.25) is 10.1 Å². The van der Waals surface area contributed by atoms with Crippen molar-refractivity contribution in [1.82, 2.24) is 5.32 Å². The molecule has 0 amide bonds. The fourth-order valence-electron chi connectivity index (χ4n) is 2.02. The van der Waals surface area contributed by atoms with Gasteiger partial charge in [0.05, 0.1) is 4.92 Å². The Kier molecular flexibility index (Phi) is 2.68. The minimum Gasteiger partial charge on any atom is -0.312 e. The number of benzene rings is 1. The lowest BCUT2D eigenvalue weighted by molar-refractivity contribution is -0.385. The summed E-state index contributed by atoms with van der Waals surface area (Å²) in [6.07, 6.45) is 1.60. The number of hydrogen-bond donors (Lipinski definition) is 1. The Balaban J connectivity index is 2.51. The lowest BCUT2D eigenvalue weighted by Crippen LogP contribution is -2.23. The normalized spacial score (nSPS) is 14.7. The molecule has 4 heteroatoms. The molecule has 0 saturated heterocycles. The molecule has 0 radical (unpaired) electrons. The number of nitro groups is 1. The molecule has 2 rings (SSSR count). The van der Waals surface area contributed by atoms with Crippen molar-refractivity contribution in [2.75, 3.05) is 6.54 Å². The van der Waals surface area contributed by atoms with E-state index in [1.54, 1.807) is 6.07 Å². The Labute approximate surface area is 88.5 Å². The zero-order valence-electron chi connectivity index (χ0n) is 8.75. The van der Waals surface area contributed by atoms with Crippen molar-refractivity contribution in [3.05, 3.63) is 38.9 Å². The van der Waals surface area contributed by atoms with Crippen molar-refractivity contribution in [2.24, 2.45) is 0 Å². The summed E-state index contributed by atoms with van der Waals surface area (Å²) in [7, 11) is 0. The predicted molar refractivity (Wildman–Crippen MR) is 57.9 cm³/mol. The van der Waals surface area contributed by atoms with Crippen molar-refractivity contribution in [3.63, 3.8) is 0 Å². The Morgan fingerprint density at radius 3 is 2.93 bits per heavy atom. The van der Waals surface area contributed by atoms with E-state index < -0.39 is 0 Å². The van der Waals surface area contributed by atoms with E-state index >= 15 is 0 Å². The number of fused-ring (bicyclic) bond motifs is 1. The number of hydrogen-bond acceptors (Lipinski definition) is 3. The number of nitro benzene ring substituents is 1. The molecule has 15 heavy (non-hydrogen) atoms. The second-order valence-corrected chi connectivity index (χ2v) is 3.79. The van der Waals surface area contributed by atoms with Crippen LogP contribution >= 0.6 is 0 Å². The average Bonchev–Trinajstić information content (AvgIpc) is 2.27. The lowest BCUT2D eigenvalue weighted by atomic mass is 9.96. The quantitative estimate of drug-likeness (QED) is 0.593. The summed E-state index contributed by atoms with van der Waals surface area (Å²) < 4.78 is 0. The molecule has 0 aromatic heterocycles. The van der Waals surface area contributed by atoms with Crippen LogP contribution in [0.3, 0.4) is 0 Å². The zero-order chi connectivity index (χ0) is 10.8. The van der Waals surface area contributed by atoms with Crippen LogP contribution in [0.1, 0.15) is 23.6 Å². The third kappa shape index (κ3) is 1.85. The molecule has 4 nitrogen and oxygen atoms in total. The fraction of sp³-hybridized carbons (Fsp3) is 0.455. The molecule has 1 heterocycles. The van der Waals surface area contributed by atoms with Crippen LogP contribution in [0, 0.1) is 10.1 Å². The Bertz CT molecular complexity index is 402. The second-order valence-electron chi connectivity index (χ2n) is 3.79. The smallest absolute Gasteiger partial charge is 0.272 e. The first-order valence-corrected chi connectivity index (χ1v) is 5.22. The van der Waals surface area contributed by atoms with Gasteiger partial charge in [-0.1, -0.05) is 6.92 Å². The number of aryl methyl sites for hydroxylation is 1. The van der Waals surface area contributed by atoms with E-state index in [0.717, 1.165) is 30.6 Å². The molecule has 1 aliphatic heterocycles. The van der Waals surface area contributed by atoms with Gasteiger partial charge in [0.15, 0.2) is 0 Å². The van der Waals surface area contributed by atoms with E-state index in [1.165, 1.54) is 5.56 Å². The molecule has 0 fully saturated rings. The molecule has 0 atom stereocenters. The highest BCUT2D eigenvalue weighted by atomic mass is 16.6. The van der Waals surface area contributed by atoms with E-state index in [0.29, 0.717) is 6.42 Å². The lowest BCUT2D eigenvalue weighted by Gasteiger charge is -2.17. The van der Waals surface area contributed by atoms with Gasteiger partial charge < -0.3 is 5.32 Å². The van der Waals surface area contributed by atoms with E-state index in [9.17, 15) is 10.1 Å². The second kappa shape index (κ2) is 3.98. The Morgan fingerprint density at radius 1 is 1.47 bits per heavy atom. The monoisotopic (exact) mass is 206 g/mol. The highest BCUT2D eigenvalue weighted by Crippen LogP contribution is 2.26. The molecule has 1 aliphatic rings. The first-order valence-electron chi connectivity index (χ1n) is 5.22. The van der Waals surface area contributed by atoms with E-state index in [-0.39, 0.29) is 10.6 Å². The number of nitrogens with zero attached hydrogens (tertiary/aromatic N) is 1. The largest absolute Gasteiger partial charge is 0.312 e. The summed E-state index contributed by atoms with van der Waals surface area (Å²) in [5, 5.41) is 14.1. The van der Waals surface area contributed by atoms with Crippen molar-refractivity contribution >= 4 is 5.69 Å². The van der Waals surface area contributed by atoms with Crippen LogP contribution in [0.4, 0.5) is 5.69 Å². The maximum atomic E-state index is 10.9. The third-order valence-corrected chi connectivity index (χ3v) is 2.87. The Hall–Kier alpha value is -1.42. The average molecular weight is 206 g/mol. The maximum absolute atomic E-state index is 10.9. The number of rotatable bonds is 2. The zero-order valence-corrected chi connectivity index (χ0v) is 8.75. The van der Waals surface area contributed by atoms with Crippen LogP contribution in [-0.4, -0.2) is 11.5 Å². The molecular formula is C11H14N2O2. The van der Waals surface area contributed by atoms with Gasteiger partial charge in [0.25, 0.3) is 5.69 Å². The van der Waals surface area contributed by atoms with Gasteiger partial charge in [-0.05, 0) is 36.6 Å². The SMILES string of the molecule is CCc1cc2c(cc1[N+](=O)[O-])CCNC2. The summed E-state index contributed by atoms with van der Waals surface area (Å²) in [6, 6.07) is 3.72. The molecule has 0 saturated carbocycles. The summed E-state index contributed by atoms with van der Waals surface area (Å²) in [5.74, 6) is 0. The molecule has 1 N–H and O–H groups in total. The summed E-state index contributed by atoms with van der Waals surface area (Å²) in [5.41, 5.74) is 3.45. The topological polar surface area (TPSA) is 55.2 Å². The molecule has 0 unspecified atom stereocenters. The van der Waals surface area contributed by atoms with E-state index in [1.807, 2.05) is 13.0 Å². The van der Waals surface area contributed by atoms with Crippen LogP contribution in [-0.2, 0) is 19.4 Å². The van der Waals surface area contributed by atoms with Crippen molar-refractivity contribution in [1.29, 1.82) is 0 Å². The summed E-state index contributed by atoms with van der Waals surface area (Å²) in [6.45, 7) is 3.70. The fourth-order valence-corrected chi connectivity index (χ4v) is 2.02. The van der Waals surface area contributed by atoms with Gasteiger partial charge in [0, 0.05) is 18.2 Å². The molecule has 0 aliphatic carbocycles. The van der Waals surface area contributed by atoms with Crippen molar-refractivity contribution in [3.8, 4) is 0 Å². The van der Waals surface area contributed by atoms with Gasteiger partial charge in [-0.25, -0.2) is 0 Å². The standard InChI is InChI=1S/C11H14N2O2/c1-2-8-5-10-7-12-4-3-9(10)6-11(8)13(14)15/h5-6,12H,2-4,7H2,1H3. The van der Waals surface area contributed by atoms with Crippen LogP contribution < -0.4 is 5.32 Å². The molecule has 0 bridgehead atoms. The van der Waals surface area contributed by atoms with Gasteiger partial charge in [-0.2, -0.15) is 0 Å². The highest BCUT2D eigenvalue weighted by molar-refractivity contribution is 5.48. The molecular weight excluding hydrogens is 192 g/mol. The minimum atomic E-state index is -0.277. The predicted octanol–water partition coefficient (Wildman–Crippen LogP) is 1.80. The van der Waals surface area contributed by atoms with Crippen LogP contribution in [0.5, 0.6) is 0 Å². The summed E-state index contributed by atoms with van der Waals surface area (Å²) in [4.78, 5) is 10.6. The van der Waals surface area contributed by atoms with Gasteiger partial charge in [-0.15, -0.1) is 0 Å².